The summed E-state index contributed by atoms with van der Waals surface area (Å²) in [7, 11) is 1.80. The molecule has 2 aromatic rings. The van der Waals surface area contributed by atoms with Gasteiger partial charge < -0.3 is 9.80 Å². The number of hydrogen-bond acceptors (Lipinski definition) is 3. The van der Waals surface area contributed by atoms with E-state index in [-0.39, 0.29) is 30.7 Å². The van der Waals surface area contributed by atoms with Crippen LogP contribution >= 0.6 is 0 Å². The number of carbonyl (C=O) groups is 2. The Kier molecular flexibility index (Phi) is 4.33. The summed E-state index contributed by atoms with van der Waals surface area (Å²) >= 11 is 0. The summed E-state index contributed by atoms with van der Waals surface area (Å²) in [4.78, 5) is 28.1. The molecule has 1 aromatic heterocycles. The second kappa shape index (κ2) is 6.43. The molecule has 1 aromatic carbocycles. The minimum atomic E-state index is -0.560. The molecular weight excluding hydrogens is 311 g/mol. The normalized spacial score (nSPS) is 18.4. The first-order valence-electron chi connectivity index (χ1n) is 7.75. The van der Waals surface area contributed by atoms with E-state index in [0.717, 1.165) is 5.69 Å². The third-order valence-electron chi connectivity index (χ3n) is 4.30. The summed E-state index contributed by atoms with van der Waals surface area (Å²) in [6.45, 7) is 2.29. The van der Waals surface area contributed by atoms with E-state index >= 15 is 0 Å². The maximum absolute atomic E-state index is 13.3. The van der Waals surface area contributed by atoms with E-state index in [0.29, 0.717) is 12.1 Å². The van der Waals surface area contributed by atoms with Gasteiger partial charge in [-0.15, -0.1) is 0 Å². The SMILES string of the molecule is C[C@H]1C(=O)N(Cc2cccc(F)c2)CC(=O)N1Cc1ccnn1C. The molecule has 0 spiro atoms. The average Bonchev–Trinajstić information content (AvgIpc) is 2.94. The number of piperazine rings is 1. The van der Waals surface area contributed by atoms with Gasteiger partial charge in [-0.3, -0.25) is 14.3 Å². The van der Waals surface area contributed by atoms with Crippen molar-refractivity contribution >= 4 is 11.8 Å². The average molecular weight is 330 g/mol. The van der Waals surface area contributed by atoms with E-state index < -0.39 is 6.04 Å². The number of hydrogen-bond donors (Lipinski definition) is 0. The lowest BCUT2D eigenvalue weighted by molar-refractivity contribution is -0.156. The van der Waals surface area contributed by atoms with Crippen LogP contribution in [0.25, 0.3) is 0 Å². The van der Waals surface area contributed by atoms with Gasteiger partial charge in [-0.25, -0.2) is 4.39 Å². The van der Waals surface area contributed by atoms with E-state index in [9.17, 15) is 14.0 Å². The van der Waals surface area contributed by atoms with E-state index in [1.54, 1.807) is 41.9 Å². The van der Waals surface area contributed by atoms with Gasteiger partial charge in [0.1, 0.15) is 18.4 Å². The molecule has 126 valence electrons. The van der Waals surface area contributed by atoms with Crippen LogP contribution < -0.4 is 0 Å². The molecule has 2 amide bonds. The van der Waals surface area contributed by atoms with Crippen molar-refractivity contribution in [2.24, 2.45) is 7.05 Å². The van der Waals surface area contributed by atoms with Crippen LogP contribution in [0.2, 0.25) is 0 Å². The van der Waals surface area contributed by atoms with Crippen LogP contribution in [0.4, 0.5) is 4.39 Å². The Labute approximate surface area is 139 Å². The molecule has 0 saturated carbocycles. The Hall–Kier alpha value is -2.70. The number of aryl methyl sites for hydroxylation is 1. The minimum absolute atomic E-state index is 0.00244. The predicted molar refractivity (Wildman–Crippen MR) is 85.0 cm³/mol. The number of nitrogens with zero attached hydrogens (tertiary/aromatic N) is 4. The van der Waals surface area contributed by atoms with Gasteiger partial charge in [-0.05, 0) is 30.7 Å². The molecule has 24 heavy (non-hydrogen) atoms. The Morgan fingerprint density at radius 2 is 2.04 bits per heavy atom. The molecule has 0 radical (unpaired) electrons. The highest BCUT2D eigenvalue weighted by Gasteiger charge is 2.36. The first kappa shape index (κ1) is 16.2. The van der Waals surface area contributed by atoms with Crippen LogP contribution in [0.1, 0.15) is 18.2 Å². The fourth-order valence-corrected chi connectivity index (χ4v) is 2.89. The van der Waals surface area contributed by atoms with Crippen molar-refractivity contribution in [3.05, 3.63) is 53.6 Å². The lowest BCUT2D eigenvalue weighted by atomic mass is 10.1. The summed E-state index contributed by atoms with van der Waals surface area (Å²) in [5, 5.41) is 4.08. The van der Waals surface area contributed by atoms with Crippen LogP contribution in [0.15, 0.2) is 36.5 Å². The fraction of sp³-hybridized carbons (Fsp3) is 0.353. The fourth-order valence-electron chi connectivity index (χ4n) is 2.89. The van der Waals surface area contributed by atoms with Crippen LogP contribution in [-0.2, 0) is 29.7 Å². The Morgan fingerprint density at radius 3 is 2.71 bits per heavy atom. The maximum atomic E-state index is 13.3. The number of benzene rings is 1. The maximum Gasteiger partial charge on any atom is 0.245 e. The Balaban J connectivity index is 1.73. The molecule has 1 fully saturated rings. The lowest BCUT2D eigenvalue weighted by Crippen LogP contribution is -2.58. The van der Waals surface area contributed by atoms with Gasteiger partial charge in [-0.2, -0.15) is 5.10 Å². The van der Waals surface area contributed by atoms with Crippen molar-refractivity contribution in [2.75, 3.05) is 6.54 Å². The van der Waals surface area contributed by atoms with Crippen molar-refractivity contribution in [3.8, 4) is 0 Å². The highest BCUT2D eigenvalue weighted by atomic mass is 19.1. The molecule has 0 unspecified atom stereocenters. The van der Waals surface area contributed by atoms with E-state index in [1.807, 2.05) is 6.07 Å². The molecule has 1 aliphatic heterocycles. The third-order valence-corrected chi connectivity index (χ3v) is 4.30. The van der Waals surface area contributed by atoms with Gasteiger partial charge in [0.05, 0.1) is 12.2 Å². The number of carbonyl (C=O) groups excluding carboxylic acids is 2. The zero-order chi connectivity index (χ0) is 17.3. The molecule has 3 rings (SSSR count). The van der Waals surface area contributed by atoms with Gasteiger partial charge in [0.15, 0.2) is 0 Å². The predicted octanol–water partition coefficient (Wildman–Crippen LogP) is 1.32. The molecule has 0 aliphatic carbocycles. The smallest absolute Gasteiger partial charge is 0.245 e. The second-order valence-corrected chi connectivity index (χ2v) is 5.97. The standard InChI is InChI=1S/C17H19FN4O2/c1-12-17(24)21(9-13-4-3-5-14(18)8-13)11-16(23)22(12)10-15-6-7-19-20(15)2/h3-8,12H,9-11H2,1-2H3/t12-/m0/s1. The molecule has 1 saturated heterocycles. The number of amides is 2. The minimum Gasteiger partial charge on any atom is -0.327 e. The number of rotatable bonds is 4. The van der Waals surface area contributed by atoms with E-state index in [1.165, 1.54) is 17.0 Å². The molecule has 6 nitrogen and oxygen atoms in total. The van der Waals surface area contributed by atoms with E-state index in [2.05, 4.69) is 5.10 Å². The molecular formula is C17H19FN4O2. The molecule has 0 N–H and O–H groups in total. The van der Waals surface area contributed by atoms with Gasteiger partial charge in [0.25, 0.3) is 0 Å². The summed E-state index contributed by atoms with van der Waals surface area (Å²) in [6.07, 6.45) is 1.66. The topological polar surface area (TPSA) is 58.4 Å². The van der Waals surface area contributed by atoms with Gasteiger partial charge in [-0.1, -0.05) is 12.1 Å². The molecule has 7 heteroatoms. The summed E-state index contributed by atoms with van der Waals surface area (Å²) in [6, 6.07) is 7.33. The van der Waals surface area contributed by atoms with Crippen molar-refractivity contribution < 1.29 is 14.0 Å². The van der Waals surface area contributed by atoms with Crippen LogP contribution in [0.3, 0.4) is 0 Å². The highest BCUT2D eigenvalue weighted by molar-refractivity contribution is 5.94. The van der Waals surface area contributed by atoms with Crippen molar-refractivity contribution in [1.82, 2.24) is 19.6 Å². The monoisotopic (exact) mass is 330 g/mol. The Morgan fingerprint density at radius 1 is 1.25 bits per heavy atom. The van der Waals surface area contributed by atoms with Crippen molar-refractivity contribution in [3.63, 3.8) is 0 Å². The van der Waals surface area contributed by atoms with Crippen LogP contribution in [-0.4, -0.2) is 44.0 Å². The molecule has 2 heterocycles. The van der Waals surface area contributed by atoms with E-state index in [4.69, 9.17) is 0 Å². The summed E-state index contributed by atoms with van der Waals surface area (Å²) < 4.78 is 15.0. The molecule has 0 bridgehead atoms. The van der Waals surface area contributed by atoms with Gasteiger partial charge in [0, 0.05) is 19.8 Å². The molecule has 1 aliphatic rings. The third kappa shape index (κ3) is 3.15. The first-order chi connectivity index (χ1) is 11.5. The van der Waals surface area contributed by atoms with Crippen molar-refractivity contribution in [1.29, 1.82) is 0 Å². The van der Waals surface area contributed by atoms with Gasteiger partial charge in [0.2, 0.25) is 11.8 Å². The van der Waals surface area contributed by atoms with Crippen molar-refractivity contribution in [2.45, 2.75) is 26.1 Å². The number of aromatic nitrogens is 2. The first-order valence-corrected chi connectivity index (χ1v) is 7.75. The van der Waals surface area contributed by atoms with Crippen LogP contribution in [0.5, 0.6) is 0 Å². The summed E-state index contributed by atoms with van der Waals surface area (Å²) in [5.41, 5.74) is 1.53. The Bertz CT molecular complexity index is 773. The zero-order valence-electron chi connectivity index (χ0n) is 13.6. The zero-order valence-corrected chi connectivity index (χ0v) is 13.6. The largest absolute Gasteiger partial charge is 0.327 e. The highest BCUT2D eigenvalue weighted by Crippen LogP contribution is 2.18. The van der Waals surface area contributed by atoms with Crippen LogP contribution in [0, 0.1) is 5.82 Å². The quantitative estimate of drug-likeness (QED) is 0.849. The second-order valence-electron chi connectivity index (χ2n) is 5.97. The van der Waals surface area contributed by atoms with Gasteiger partial charge >= 0.3 is 0 Å². The molecule has 1 atom stereocenters. The summed E-state index contributed by atoms with van der Waals surface area (Å²) in [5.74, 6) is -0.616. The lowest BCUT2D eigenvalue weighted by Gasteiger charge is -2.38. The number of halogens is 1.